The summed E-state index contributed by atoms with van der Waals surface area (Å²) < 4.78 is 43.2. The number of aromatic carboxylic acids is 1. The number of carbonyl (C=O) groups is 1. The second-order valence-corrected chi connectivity index (χ2v) is 4.82. The van der Waals surface area contributed by atoms with Gasteiger partial charge in [0.15, 0.2) is 0 Å². The number of carboxylic acids is 1. The average Bonchev–Trinajstić information content (AvgIpc) is 2.84. The maximum Gasteiger partial charge on any atom is 0.419 e. The molecule has 4 nitrogen and oxygen atoms in total. The van der Waals surface area contributed by atoms with Crippen LogP contribution in [0, 0.1) is 0 Å². The van der Waals surface area contributed by atoms with Gasteiger partial charge in [-0.05, 0) is 12.1 Å². The molecule has 0 unspecified atom stereocenters. The van der Waals surface area contributed by atoms with Gasteiger partial charge in [0.25, 0.3) is 0 Å². The summed E-state index contributed by atoms with van der Waals surface area (Å²) in [5, 5.41) is 9.01. The first kappa shape index (κ1) is 14.3. The van der Waals surface area contributed by atoms with Gasteiger partial charge >= 0.3 is 12.1 Å². The lowest BCUT2D eigenvalue weighted by atomic mass is 10.2. The molecule has 0 atom stereocenters. The van der Waals surface area contributed by atoms with Crippen molar-refractivity contribution in [1.82, 2.24) is 4.98 Å². The Morgan fingerprint density at radius 1 is 1.35 bits per heavy atom. The molecule has 1 aromatic carbocycles. The number of para-hydroxylation sites is 1. The SMILES string of the molecule is O=C(O)c1cnc(COc2ccccc2C(F)(F)F)s1. The molecule has 0 saturated heterocycles. The summed E-state index contributed by atoms with van der Waals surface area (Å²) >= 11 is 0.857. The summed E-state index contributed by atoms with van der Waals surface area (Å²) in [5.74, 6) is -1.45. The Morgan fingerprint density at radius 2 is 2.05 bits per heavy atom. The van der Waals surface area contributed by atoms with Gasteiger partial charge in [0, 0.05) is 0 Å². The van der Waals surface area contributed by atoms with E-state index < -0.39 is 17.7 Å². The molecule has 1 heterocycles. The van der Waals surface area contributed by atoms with Crippen LogP contribution in [0.2, 0.25) is 0 Å². The maximum absolute atomic E-state index is 12.7. The lowest BCUT2D eigenvalue weighted by molar-refractivity contribution is -0.139. The molecule has 1 aromatic heterocycles. The van der Waals surface area contributed by atoms with Crippen molar-refractivity contribution in [2.45, 2.75) is 12.8 Å². The zero-order valence-electron chi connectivity index (χ0n) is 9.85. The Morgan fingerprint density at radius 3 is 2.65 bits per heavy atom. The standard InChI is InChI=1S/C12H8F3NO3S/c13-12(14,15)7-3-1-2-4-8(7)19-6-10-16-5-9(20-10)11(17)18/h1-5H,6H2,(H,17,18). The van der Waals surface area contributed by atoms with E-state index in [0.717, 1.165) is 23.6 Å². The number of ether oxygens (including phenoxy) is 1. The van der Waals surface area contributed by atoms with Crippen LogP contribution in [0.1, 0.15) is 20.2 Å². The van der Waals surface area contributed by atoms with E-state index in [-0.39, 0.29) is 17.2 Å². The summed E-state index contributed by atoms with van der Waals surface area (Å²) in [4.78, 5) is 14.4. The highest BCUT2D eigenvalue weighted by atomic mass is 32.1. The molecule has 1 N–H and O–H groups in total. The quantitative estimate of drug-likeness (QED) is 0.940. The first-order chi connectivity index (χ1) is 9.38. The molecule has 2 aromatic rings. The lowest BCUT2D eigenvalue weighted by Gasteiger charge is -2.12. The molecule has 0 radical (unpaired) electrons. The highest BCUT2D eigenvalue weighted by Gasteiger charge is 2.34. The normalized spacial score (nSPS) is 11.3. The van der Waals surface area contributed by atoms with Gasteiger partial charge in [-0.2, -0.15) is 13.2 Å². The Balaban J connectivity index is 2.13. The second-order valence-electron chi connectivity index (χ2n) is 3.71. The number of thiazole rings is 1. The van der Waals surface area contributed by atoms with Gasteiger partial charge in [0.2, 0.25) is 0 Å². The van der Waals surface area contributed by atoms with Crippen LogP contribution in [-0.2, 0) is 12.8 Å². The van der Waals surface area contributed by atoms with E-state index in [1.54, 1.807) is 0 Å². The fourth-order valence-electron chi connectivity index (χ4n) is 1.44. The maximum atomic E-state index is 12.7. The minimum atomic E-state index is -4.51. The number of nitrogens with zero attached hydrogens (tertiary/aromatic N) is 1. The Labute approximate surface area is 115 Å². The number of hydrogen-bond donors (Lipinski definition) is 1. The molecule has 0 amide bonds. The van der Waals surface area contributed by atoms with E-state index in [2.05, 4.69) is 4.98 Å². The van der Waals surface area contributed by atoms with Gasteiger partial charge in [0.1, 0.15) is 22.2 Å². The van der Waals surface area contributed by atoms with Crippen LogP contribution in [0.25, 0.3) is 0 Å². The summed E-state index contributed by atoms with van der Waals surface area (Å²) in [6, 6.07) is 4.81. The molecule has 2 rings (SSSR count). The van der Waals surface area contributed by atoms with E-state index >= 15 is 0 Å². The van der Waals surface area contributed by atoms with Crippen LogP contribution in [0.5, 0.6) is 5.75 Å². The predicted octanol–water partition coefficient (Wildman–Crippen LogP) is 3.44. The number of rotatable bonds is 4. The molecule has 0 bridgehead atoms. The monoisotopic (exact) mass is 303 g/mol. The number of alkyl halides is 3. The zero-order chi connectivity index (χ0) is 14.8. The molecular formula is C12H8F3NO3S. The summed E-state index contributed by atoms with van der Waals surface area (Å²) in [5.41, 5.74) is -0.880. The minimum absolute atomic E-state index is 0.00714. The predicted molar refractivity (Wildman–Crippen MR) is 64.8 cm³/mol. The van der Waals surface area contributed by atoms with Crippen molar-refractivity contribution in [3.63, 3.8) is 0 Å². The van der Waals surface area contributed by atoms with Crippen molar-refractivity contribution in [3.05, 3.63) is 45.9 Å². The van der Waals surface area contributed by atoms with Crippen molar-refractivity contribution in [3.8, 4) is 5.75 Å². The smallest absolute Gasteiger partial charge is 0.419 e. The number of halogens is 3. The van der Waals surface area contributed by atoms with Gasteiger partial charge in [-0.1, -0.05) is 12.1 Å². The summed E-state index contributed by atoms with van der Waals surface area (Å²) in [6.07, 6.45) is -3.37. The molecule has 8 heteroatoms. The summed E-state index contributed by atoms with van der Waals surface area (Å²) in [7, 11) is 0. The molecule has 0 spiro atoms. The van der Waals surface area contributed by atoms with Gasteiger partial charge in [-0.25, -0.2) is 9.78 Å². The molecule has 0 aliphatic heterocycles. The molecule has 0 aliphatic carbocycles. The average molecular weight is 303 g/mol. The van der Waals surface area contributed by atoms with Crippen molar-refractivity contribution in [1.29, 1.82) is 0 Å². The van der Waals surface area contributed by atoms with Crippen LogP contribution in [0.15, 0.2) is 30.5 Å². The van der Waals surface area contributed by atoms with Crippen LogP contribution in [-0.4, -0.2) is 16.1 Å². The first-order valence-corrected chi connectivity index (χ1v) is 6.16. The van der Waals surface area contributed by atoms with E-state index in [1.165, 1.54) is 18.2 Å². The topological polar surface area (TPSA) is 59.4 Å². The van der Waals surface area contributed by atoms with Crippen LogP contribution in [0.3, 0.4) is 0 Å². The van der Waals surface area contributed by atoms with Crippen LogP contribution in [0.4, 0.5) is 13.2 Å². The number of carboxylic acid groups (broad SMARTS) is 1. The Bertz CT molecular complexity index is 624. The third kappa shape index (κ3) is 3.27. The number of hydrogen-bond acceptors (Lipinski definition) is 4. The Kier molecular flexibility index (Phi) is 3.93. The molecule has 106 valence electrons. The fraction of sp³-hybridized carbons (Fsp3) is 0.167. The Hall–Kier alpha value is -2.09. The van der Waals surface area contributed by atoms with Gasteiger partial charge < -0.3 is 9.84 Å². The van der Waals surface area contributed by atoms with E-state index in [4.69, 9.17) is 9.84 Å². The highest BCUT2D eigenvalue weighted by Crippen LogP contribution is 2.36. The summed E-state index contributed by atoms with van der Waals surface area (Å²) in [6.45, 7) is -0.217. The van der Waals surface area contributed by atoms with Gasteiger partial charge in [-0.15, -0.1) is 11.3 Å². The van der Waals surface area contributed by atoms with Crippen molar-refractivity contribution >= 4 is 17.3 Å². The lowest BCUT2D eigenvalue weighted by Crippen LogP contribution is -2.08. The molecule has 0 saturated carbocycles. The third-order valence-corrected chi connectivity index (χ3v) is 3.27. The van der Waals surface area contributed by atoms with E-state index in [1.807, 2.05) is 0 Å². The van der Waals surface area contributed by atoms with Crippen LogP contribution < -0.4 is 4.74 Å². The van der Waals surface area contributed by atoms with Crippen molar-refractivity contribution in [2.24, 2.45) is 0 Å². The minimum Gasteiger partial charge on any atom is -0.486 e. The molecule has 0 aliphatic rings. The van der Waals surface area contributed by atoms with Crippen molar-refractivity contribution < 1.29 is 27.8 Å². The first-order valence-electron chi connectivity index (χ1n) is 5.35. The third-order valence-electron chi connectivity index (χ3n) is 2.31. The van der Waals surface area contributed by atoms with Crippen LogP contribution >= 0.6 is 11.3 Å². The highest BCUT2D eigenvalue weighted by molar-refractivity contribution is 7.13. The zero-order valence-corrected chi connectivity index (χ0v) is 10.7. The number of aromatic nitrogens is 1. The number of benzene rings is 1. The molecular weight excluding hydrogens is 295 g/mol. The molecule has 20 heavy (non-hydrogen) atoms. The van der Waals surface area contributed by atoms with E-state index in [0.29, 0.717) is 5.01 Å². The van der Waals surface area contributed by atoms with Crippen molar-refractivity contribution in [2.75, 3.05) is 0 Å². The molecule has 0 fully saturated rings. The van der Waals surface area contributed by atoms with Gasteiger partial charge in [0.05, 0.1) is 11.8 Å². The largest absolute Gasteiger partial charge is 0.486 e. The fourth-order valence-corrected chi connectivity index (χ4v) is 2.11. The van der Waals surface area contributed by atoms with E-state index in [9.17, 15) is 18.0 Å². The van der Waals surface area contributed by atoms with Gasteiger partial charge in [-0.3, -0.25) is 0 Å². The second kappa shape index (κ2) is 5.49.